The number of hydrogen-bond acceptors (Lipinski definition) is 4. The molecule has 7 heteroatoms. The number of amides is 3. The number of carbonyl (C=O) groups excluding carboxylic acids is 2. The van der Waals surface area contributed by atoms with Crippen molar-refractivity contribution >= 4 is 29.0 Å². The van der Waals surface area contributed by atoms with Gasteiger partial charge in [-0.2, -0.15) is 0 Å². The molecule has 0 aliphatic rings. The van der Waals surface area contributed by atoms with Crippen molar-refractivity contribution in [1.29, 1.82) is 0 Å². The zero-order valence-electron chi connectivity index (χ0n) is 18.5. The standard InChI is InChI=1S/C27H25N5O2/c33-26(19-29-25-11-5-4-10-24(25)21-8-2-1-3-9-21)31-22-12-14-23(15-13-22)32-27(34)30-18-20-7-6-16-28-17-20/h1-17,29H,18-19H2,(H,31,33)(H2,30,32,34). The predicted octanol–water partition coefficient (Wildman–Crippen LogP) is 5.12. The lowest BCUT2D eigenvalue weighted by molar-refractivity contribution is -0.114. The topological polar surface area (TPSA) is 95.2 Å². The summed E-state index contributed by atoms with van der Waals surface area (Å²) < 4.78 is 0. The monoisotopic (exact) mass is 451 g/mol. The van der Waals surface area contributed by atoms with Gasteiger partial charge in [-0.05, 0) is 47.5 Å². The Bertz CT molecular complexity index is 1230. The van der Waals surface area contributed by atoms with E-state index in [2.05, 4.69) is 26.3 Å². The third-order valence-electron chi connectivity index (χ3n) is 5.05. The van der Waals surface area contributed by atoms with E-state index >= 15 is 0 Å². The van der Waals surface area contributed by atoms with E-state index in [1.165, 1.54) is 0 Å². The Morgan fingerprint density at radius 2 is 1.44 bits per heavy atom. The number of nitrogens with zero attached hydrogens (tertiary/aromatic N) is 1. The molecule has 0 fully saturated rings. The van der Waals surface area contributed by atoms with E-state index in [-0.39, 0.29) is 18.5 Å². The molecule has 0 atom stereocenters. The minimum absolute atomic E-state index is 0.126. The highest BCUT2D eigenvalue weighted by Gasteiger charge is 2.08. The Morgan fingerprint density at radius 1 is 0.735 bits per heavy atom. The van der Waals surface area contributed by atoms with Gasteiger partial charge < -0.3 is 21.3 Å². The van der Waals surface area contributed by atoms with Crippen LogP contribution in [0.3, 0.4) is 0 Å². The van der Waals surface area contributed by atoms with Crippen LogP contribution in [0.1, 0.15) is 5.56 Å². The number of benzene rings is 3. The molecule has 0 aliphatic carbocycles. The summed E-state index contributed by atoms with van der Waals surface area (Å²) in [6, 6.07) is 28.3. The third kappa shape index (κ3) is 6.43. The van der Waals surface area contributed by atoms with Crippen LogP contribution in [0.15, 0.2) is 103 Å². The first-order valence-corrected chi connectivity index (χ1v) is 10.9. The maximum atomic E-state index is 12.5. The van der Waals surface area contributed by atoms with Gasteiger partial charge in [0.25, 0.3) is 0 Å². The molecular formula is C27H25N5O2. The second kappa shape index (κ2) is 11.3. The molecule has 4 rings (SSSR count). The van der Waals surface area contributed by atoms with Crippen LogP contribution >= 0.6 is 0 Å². The second-order valence-corrected chi connectivity index (χ2v) is 7.56. The van der Waals surface area contributed by atoms with Gasteiger partial charge in [-0.3, -0.25) is 9.78 Å². The maximum Gasteiger partial charge on any atom is 0.319 e. The Labute approximate surface area is 198 Å². The average molecular weight is 452 g/mol. The maximum absolute atomic E-state index is 12.5. The minimum atomic E-state index is -0.318. The van der Waals surface area contributed by atoms with E-state index in [4.69, 9.17) is 0 Å². The first-order chi connectivity index (χ1) is 16.7. The lowest BCUT2D eigenvalue weighted by atomic mass is 10.0. The number of hydrogen-bond donors (Lipinski definition) is 4. The molecule has 0 bridgehead atoms. The molecule has 1 heterocycles. The van der Waals surface area contributed by atoms with Crippen molar-refractivity contribution < 1.29 is 9.59 Å². The molecule has 1 aromatic heterocycles. The Hall–Kier alpha value is -4.65. The number of nitrogens with one attached hydrogen (secondary N) is 4. The lowest BCUT2D eigenvalue weighted by Gasteiger charge is -2.13. The van der Waals surface area contributed by atoms with Gasteiger partial charge in [0.1, 0.15) is 0 Å². The van der Waals surface area contributed by atoms with Crippen LogP contribution in [0.4, 0.5) is 21.9 Å². The highest BCUT2D eigenvalue weighted by molar-refractivity contribution is 5.95. The lowest BCUT2D eigenvalue weighted by Crippen LogP contribution is -2.28. The van der Waals surface area contributed by atoms with Crippen LogP contribution in [0, 0.1) is 0 Å². The third-order valence-corrected chi connectivity index (χ3v) is 5.05. The molecule has 3 aromatic carbocycles. The fraction of sp³-hybridized carbons (Fsp3) is 0.0741. The van der Waals surface area contributed by atoms with Crippen LogP contribution in [-0.2, 0) is 11.3 Å². The van der Waals surface area contributed by atoms with Crippen LogP contribution < -0.4 is 21.3 Å². The van der Waals surface area contributed by atoms with Crippen molar-refractivity contribution in [3.8, 4) is 11.1 Å². The van der Waals surface area contributed by atoms with E-state index in [0.717, 1.165) is 22.4 Å². The smallest absolute Gasteiger partial charge is 0.319 e. The summed E-state index contributed by atoms with van der Waals surface area (Å²) in [4.78, 5) is 28.6. The number of rotatable bonds is 8. The summed E-state index contributed by atoms with van der Waals surface area (Å²) in [5, 5.41) is 11.6. The summed E-state index contributed by atoms with van der Waals surface area (Å²) in [6.07, 6.45) is 3.39. The molecule has 0 aliphatic heterocycles. The number of anilines is 3. The van der Waals surface area contributed by atoms with Crippen LogP contribution in [0.25, 0.3) is 11.1 Å². The van der Waals surface area contributed by atoms with E-state index in [1.54, 1.807) is 36.7 Å². The van der Waals surface area contributed by atoms with Gasteiger partial charge in [-0.25, -0.2) is 4.79 Å². The summed E-state index contributed by atoms with van der Waals surface area (Å²) in [6.45, 7) is 0.509. The van der Waals surface area contributed by atoms with E-state index < -0.39 is 0 Å². The quantitative estimate of drug-likeness (QED) is 0.299. The molecule has 0 unspecified atom stereocenters. The predicted molar refractivity (Wildman–Crippen MR) is 136 cm³/mol. The van der Waals surface area contributed by atoms with Crippen molar-refractivity contribution in [3.63, 3.8) is 0 Å². The Balaban J connectivity index is 1.26. The molecule has 4 aromatic rings. The van der Waals surface area contributed by atoms with Crippen molar-refractivity contribution in [3.05, 3.63) is 109 Å². The highest BCUT2D eigenvalue weighted by Crippen LogP contribution is 2.27. The van der Waals surface area contributed by atoms with Crippen LogP contribution in [0.5, 0.6) is 0 Å². The van der Waals surface area contributed by atoms with Gasteiger partial charge in [0.2, 0.25) is 5.91 Å². The summed E-state index contributed by atoms with van der Waals surface area (Å²) in [7, 11) is 0. The van der Waals surface area contributed by atoms with E-state index in [1.807, 2.05) is 66.7 Å². The van der Waals surface area contributed by atoms with Gasteiger partial charge in [-0.15, -0.1) is 0 Å². The van der Waals surface area contributed by atoms with Crippen molar-refractivity contribution in [2.45, 2.75) is 6.54 Å². The van der Waals surface area contributed by atoms with Gasteiger partial charge in [0, 0.05) is 41.6 Å². The number of urea groups is 1. The van der Waals surface area contributed by atoms with Gasteiger partial charge in [0.15, 0.2) is 0 Å². The first kappa shape index (κ1) is 22.5. The highest BCUT2D eigenvalue weighted by atomic mass is 16.2. The van der Waals surface area contributed by atoms with Gasteiger partial charge >= 0.3 is 6.03 Å². The normalized spacial score (nSPS) is 10.2. The van der Waals surface area contributed by atoms with Crippen LogP contribution in [-0.4, -0.2) is 23.5 Å². The molecule has 0 spiro atoms. The molecule has 170 valence electrons. The first-order valence-electron chi connectivity index (χ1n) is 10.9. The summed E-state index contributed by atoms with van der Waals surface area (Å²) >= 11 is 0. The Kier molecular flexibility index (Phi) is 7.48. The number of para-hydroxylation sites is 1. The van der Waals surface area contributed by atoms with Gasteiger partial charge in [-0.1, -0.05) is 54.6 Å². The van der Waals surface area contributed by atoms with Crippen molar-refractivity contribution in [2.75, 3.05) is 22.5 Å². The molecule has 3 amide bonds. The van der Waals surface area contributed by atoms with Crippen LogP contribution in [0.2, 0.25) is 0 Å². The molecule has 4 N–H and O–H groups in total. The molecular weight excluding hydrogens is 426 g/mol. The molecule has 7 nitrogen and oxygen atoms in total. The number of pyridine rings is 1. The number of aromatic nitrogens is 1. The second-order valence-electron chi connectivity index (χ2n) is 7.56. The number of carbonyl (C=O) groups is 2. The fourth-order valence-corrected chi connectivity index (χ4v) is 3.38. The zero-order chi connectivity index (χ0) is 23.6. The van der Waals surface area contributed by atoms with Gasteiger partial charge in [0.05, 0.1) is 6.54 Å². The fourth-order valence-electron chi connectivity index (χ4n) is 3.38. The average Bonchev–Trinajstić information content (AvgIpc) is 2.89. The Morgan fingerprint density at radius 3 is 2.18 bits per heavy atom. The van der Waals surface area contributed by atoms with Crippen molar-refractivity contribution in [1.82, 2.24) is 10.3 Å². The van der Waals surface area contributed by atoms with Crippen molar-refractivity contribution in [2.24, 2.45) is 0 Å². The molecule has 0 radical (unpaired) electrons. The largest absolute Gasteiger partial charge is 0.376 e. The summed E-state index contributed by atoms with van der Waals surface area (Å²) in [5.74, 6) is -0.169. The van der Waals surface area contributed by atoms with E-state index in [9.17, 15) is 9.59 Å². The summed E-state index contributed by atoms with van der Waals surface area (Å²) in [5.41, 5.74) is 5.18. The SMILES string of the molecule is O=C(CNc1ccccc1-c1ccccc1)Nc1ccc(NC(=O)NCc2cccnc2)cc1. The molecule has 0 saturated carbocycles. The molecule has 34 heavy (non-hydrogen) atoms. The molecule has 0 saturated heterocycles. The van der Waals surface area contributed by atoms with E-state index in [0.29, 0.717) is 17.9 Å². The minimum Gasteiger partial charge on any atom is -0.376 e. The zero-order valence-corrected chi connectivity index (χ0v) is 18.5.